The zero-order chi connectivity index (χ0) is 18.3. The molecule has 0 bridgehead atoms. The van der Waals surface area contributed by atoms with E-state index in [1.807, 2.05) is 21.9 Å². The van der Waals surface area contributed by atoms with E-state index in [1.165, 1.54) is 6.42 Å². The number of piperidine rings is 2. The number of amidine groups is 1. The van der Waals surface area contributed by atoms with Crippen LogP contribution in [-0.2, 0) is 14.8 Å². The van der Waals surface area contributed by atoms with E-state index in [4.69, 9.17) is 0 Å². The lowest BCUT2D eigenvalue weighted by atomic mass is 9.92. The van der Waals surface area contributed by atoms with Gasteiger partial charge in [0, 0.05) is 37.7 Å². The van der Waals surface area contributed by atoms with Gasteiger partial charge in [0.15, 0.2) is 5.84 Å². The number of benzene rings is 1. The number of hydrogen-bond acceptors (Lipinski definition) is 4. The maximum Gasteiger partial charge on any atom is 0.285 e. The summed E-state index contributed by atoms with van der Waals surface area (Å²) in [5, 5.41) is 0. The highest BCUT2D eigenvalue weighted by molar-refractivity contribution is 7.90. The molecule has 140 valence electrons. The predicted octanol–water partition coefficient (Wildman–Crippen LogP) is 2.11. The second-order valence-electron chi connectivity index (χ2n) is 7.68. The molecule has 4 rings (SSSR count). The van der Waals surface area contributed by atoms with Gasteiger partial charge in [-0.2, -0.15) is 8.42 Å². The minimum atomic E-state index is -3.59. The fourth-order valence-corrected chi connectivity index (χ4v) is 5.53. The molecular weight excluding hydrogens is 350 g/mol. The lowest BCUT2D eigenvalue weighted by molar-refractivity contribution is -0.138. The summed E-state index contributed by atoms with van der Waals surface area (Å²) in [7, 11) is -3.59. The smallest absolute Gasteiger partial charge is 0.285 e. The fourth-order valence-electron chi connectivity index (χ4n) is 4.30. The van der Waals surface area contributed by atoms with Crippen molar-refractivity contribution < 1.29 is 13.2 Å². The summed E-state index contributed by atoms with van der Waals surface area (Å²) < 4.78 is 28.5. The Morgan fingerprint density at radius 2 is 1.85 bits per heavy atom. The Labute approximate surface area is 154 Å². The Morgan fingerprint density at radius 1 is 1.12 bits per heavy atom. The van der Waals surface area contributed by atoms with E-state index in [-0.39, 0.29) is 16.7 Å². The van der Waals surface area contributed by atoms with E-state index >= 15 is 0 Å². The molecule has 3 aliphatic rings. The van der Waals surface area contributed by atoms with Crippen molar-refractivity contribution >= 4 is 21.8 Å². The average Bonchev–Trinajstić information content (AvgIpc) is 2.93. The number of carbonyl (C=O) groups excluding carboxylic acids is 1. The molecule has 1 aromatic rings. The zero-order valence-electron chi connectivity index (χ0n) is 15.1. The van der Waals surface area contributed by atoms with Crippen LogP contribution in [0.25, 0.3) is 0 Å². The topological polar surface area (TPSA) is 70.1 Å². The minimum Gasteiger partial charge on any atom is -0.355 e. The molecule has 7 heteroatoms. The van der Waals surface area contributed by atoms with E-state index < -0.39 is 10.0 Å². The van der Waals surface area contributed by atoms with E-state index in [0.717, 1.165) is 32.4 Å². The third-order valence-corrected chi connectivity index (χ3v) is 7.05. The van der Waals surface area contributed by atoms with Gasteiger partial charge in [0.05, 0.1) is 0 Å². The molecule has 3 heterocycles. The van der Waals surface area contributed by atoms with Gasteiger partial charge in [0.1, 0.15) is 4.90 Å². The number of likely N-dealkylation sites (tertiary alicyclic amines) is 2. The molecule has 1 unspecified atom stereocenters. The van der Waals surface area contributed by atoms with Crippen LogP contribution in [0.5, 0.6) is 0 Å². The van der Waals surface area contributed by atoms with E-state index in [2.05, 4.69) is 11.3 Å². The van der Waals surface area contributed by atoms with Crippen LogP contribution in [-0.4, -0.2) is 56.1 Å². The van der Waals surface area contributed by atoms with Gasteiger partial charge in [0.25, 0.3) is 10.0 Å². The number of hydrogen-bond donors (Lipinski definition) is 0. The first-order valence-electron chi connectivity index (χ1n) is 9.44. The predicted molar refractivity (Wildman–Crippen MR) is 99.4 cm³/mol. The Morgan fingerprint density at radius 3 is 2.58 bits per heavy atom. The summed E-state index contributed by atoms with van der Waals surface area (Å²) in [6.45, 7) is 5.29. The molecule has 0 radical (unpaired) electrons. The van der Waals surface area contributed by atoms with Gasteiger partial charge >= 0.3 is 0 Å². The monoisotopic (exact) mass is 375 g/mol. The molecule has 0 aliphatic carbocycles. The van der Waals surface area contributed by atoms with E-state index in [9.17, 15) is 13.2 Å². The van der Waals surface area contributed by atoms with Crippen molar-refractivity contribution in [1.82, 2.24) is 9.80 Å². The first kappa shape index (κ1) is 17.5. The van der Waals surface area contributed by atoms with Crippen LogP contribution in [0.15, 0.2) is 33.6 Å². The Kier molecular flexibility index (Phi) is 4.50. The van der Waals surface area contributed by atoms with Gasteiger partial charge in [-0.3, -0.25) is 4.79 Å². The van der Waals surface area contributed by atoms with Crippen molar-refractivity contribution in [3.63, 3.8) is 0 Å². The van der Waals surface area contributed by atoms with Crippen LogP contribution in [0.2, 0.25) is 0 Å². The highest BCUT2D eigenvalue weighted by Crippen LogP contribution is 2.30. The van der Waals surface area contributed by atoms with Gasteiger partial charge in [-0.25, -0.2) is 0 Å². The van der Waals surface area contributed by atoms with Gasteiger partial charge in [-0.05, 0) is 43.7 Å². The van der Waals surface area contributed by atoms with Crippen molar-refractivity contribution in [2.75, 3.05) is 26.2 Å². The van der Waals surface area contributed by atoms with Crippen LogP contribution < -0.4 is 0 Å². The first-order chi connectivity index (χ1) is 12.5. The van der Waals surface area contributed by atoms with Crippen molar-refractivity contribution in [1.29, 1.82) is 0 Å². The van der Waals surface area contributed by atoms with E-state index in [0.29, 0.717) is 30.4 Å². The number of nitrogens with zero attached hydrogens (tertiary/aromatic N) is 3. The summed E-state index contributed by atoms with van der Waals surface area (Å²) in [4.78, 5) is 17.1. The standard InChI is InChI=1S/C19H25N3O3S/c1-14-5-4-10-22(13-14)19(23)15-8-11-21(12-9-15)18-16-6-2-3-7-17(16)26(24,25)20-18/h2-3,6-7,14-15H,4-5,8-13H2,1H3. The number of amides is 1. The second kappa shape index (κ2) is 6.68. The van der Waals surface area contributed by atoms with Gasteiger partial charge in [0.2, 0.25) is 5.91 Å². The minimum absolute atomic E-state index is 0.0467. The van der Waals surface area contributed by atoms with Crippen LogP contribution in [0, 0.1) is 11.8 Å². The molecular formula is C19H25N3O3S. The van der Waals surface area contributed by atoms with Crippen molar-refractivity contribution in [2.24, 2.45) is 16.2 Å². The van der Waals surface area contributed by atoms with Crippen LogP contribution >= 0.6 is 0 Å². The maximum absolute atomic E-state index is 12.8. The Hall–Kier alpha value is -1.89. The lowest BCUT2D eigenvalue weighted by Gasteiger charge is -2.37. The quantitative estimate of drug-likeness (QED) is 0.754. The van der Waals surface area contributed by atoms with Crippen molar-refractivity contribution in [2.45, 2.75) is 37.5 Å². The van der Waals surface area contributed by atoms with Gasteiger partial charge < -0.3 is 9.80 Å². The molecule has 1 aromatic carbocycles. The van der Waals surface area contributed by atoms with Gasteiger partial charge in [-0.15, -0.1) is 4.40 Å². The average molecular weight is 375 g/mol. The molecule has 0 spiro atoms. The lowest BCUT2D eigenvalue weighted by Crippen LogP contribution is -2.47. The molecule has 0 saturated carbocycles. The third-order valence-electron chi connectivity index (χ3n) is 5.72. The Balaban J connectivity index is 1.44. The third kappa shape index (κ3) is 3.13. The van der Waals surface area contributed by atoms with Crippen molar-refractivity contribution in [3.8, 4) is 0 Å². The maximum atomic E-state index is 12.8. The number of fused-ring (bicyclic) bond motifs is 1. The first-order valence-corrected chi connectivity index (χ1v) is 10.9. The highest BCUT2D eigenvalue weighted by Gasteiger charge is 2.35. The second-order valence-corrected chi connectivity index (χ2v) is 9.25. The molecule has 2 saturated heterocycles. The number of rotatable bonds is 1. The molecule has 6 nitrogen and oxygen atoms in total. The Bertz CT molecular complexity index is 841. The molecule has 3 aliphatic heterocycles. The summed E-state index contributed by atoms with van der Waals surface area (Å²) in [6.07, 6.45) is 3.81. The molecule has 1 atom stereocenters. The number of sulfonamides is 1. The largest absolute Gasteiger partial charge is 0.355 e. The molecule has 0 aromatic heterocycles. The van der Waals surface area contributed by atoms with Crippen LogP contribution in [0.3, 0.4) is 0 Å². The molecule has 2 fully saturated rings. The summed E-state index contributed by atoms with van der Waals surface area (Å²) in [5.74, 6) is 1.45. The van der Waals surface area contributed by atoms with E-state index in [1.54, 1.807) is 12.1 Å². The van der Waals surface area contributed by atoms with Gasteiger partial charge in [-0.1, -0.05) is 19.1 Å². The van der Waals surface area contributed by atoms with Crippen molar-refractivity contribution in [3.05, 3.63) is 29.8 Å². The zero-order valence-corrected chi connectivity index (χ0v) is 15.9. The highest BCUT2D eigenvalue weighted by atomic mass is 32.2. The summed E-state index contributed by atoms with van der Waals surface area (Å²) in [5.41, 5.74) is 0.683. The molecule has 1 amide bonds. The van der Waals surface area contributed by atoms with Crippen LogP contribution in [0.4, 0.5) is 0 Å². The summed E-state index contributed by atoms with van der Waals surface area (Å²) >= 11 is 0. The normalized spacial score (nSPS) is 25.7. The number of carbonyl (C=O) groups is 1. The molecule has 26 heavy (non-hydrogen) atoms. The fraction of sp³-hybridized carbons (Fsp3) is 0.579. The summed E-state index contributed by atoms with van der Waals surface area (Å²) in [6, 6.07) is 6.97. The van der Waals surface area contributed by atoms with Crippen LogP contribution in [0.1, 0.15) is 38.2 Å². The SMILES string of the molecule is CC1CCCN(C(=O)C2CCN(C3=NS(=O)(=O)c4ccccc43)CC2)C1. The molecule has 0 N–H and O–H groups in total.